The number of thiophene rings is 1. The third kappa shape index (κ3) is 7.24. The molecular weight excluding hydrogens is 667 g/mol. The molecule has 264 valence electrons. The molecule has 0 bridgehead atoms. The van der Waals surface area contributed by atoms with Gasteiger partial charge in [-0.2, -0.15) is 9.40 Å². The summed E-state index contributed by atoms with van der Waals surface area (Å²) in [6.07, 6.45) is 10.9. The Labute approximate surface area is 299 Å². The lowest BCUT2D eigenvalue weighted by Crippen LogP contribution is -2.48. The molecule has 2 aliphatic carbocycles. The van der Waals surface area contributed by atoms with Crippen LogP contribution < -0.4 is 5.32 Å². The topological polar surface area (TPSA) is 105 Å². The van der Waals surface area contributed by atoms with Crippen molar-refractivity contribution < 1.29 is 18.0 Å². The number of hydrogen-bond acceptors (Lipinski definition) is 7. The van der Waals surface area contributed by atoms with E-state index in [-0.39, 0.29) is 28.8 Å². The summed E-state index contributed by atoms with van der Waals surface area (Å²) in [4.78, 5) is 31.5. The van der Waals surface area contributed by atoms with Crippen molar-refractivity contribution in [3.05, 3.63) is 99.2 Å². The summed E-state index contributed by atoms with van der Waals surface area (Å²) in [7, 11) is -3.74. The number of nitrogens with one attached hydrogen (secondary N) is 1. The van der Waals surface area contributed by atoms with Gasteiger partial charge in [-0.25, -0.2) is 13.1 Å². The second-order valence-corrected chi connectivity index (χ2v) is 17.1. The van der Waals surface area contributed by atoms with E-state index in [1.807, 2.05) is 42.4 Å². The fourth-order valence-electron chi connectivity index (χ4n) is 8.12. The van der Waals surface area contributed by atoms with Crippen LogP contribution in [0.5, 0.6) is 0 Å². The monoisotopic (exact) mass is 713 g/mol. The SMILES string of the molecule is Cc1cc(C)n(C(=O)c2c(NC(=O)c3ccc(S(=O)(=O)N(C4CCCCC4)C4CCCCC4)cc3)sc3c2CCN(Cc2ccccc2)C3)n1. The lowest BCUT2D eigenvalue weighted by molar-refractivity contribution is 0.0941. The Morgan fingerprint density at radius 3 is 2.14 bits per heavy atom. The highest BCUT2D eigenvalue weighted by Gasteiger charge is 2.38. The Kier molecular flexibility index (Phi) is 10.4. The van der Waals surface area contributed by atoms with Gasteiger partial charge in [0.05, 0.1) is 16.2 Å². The van der Waals surface area contributed by atoms with E-state index < -0.39 is 10.0 Å². The van der Waals surface area contributed by atoms with E-state index in [4.69, 9.17) is 0 Å². The zero-order valence-corrected chi connectivity index (χ0v) is 30.7. The molecule has 9 nitrogen and oxygen atoms in total. The van der Waals surface area contributed by atoms with Crippen LogP contribution in [0, 0.1) is 13.8 Å². The summed E-state index contributed by atoms with van der Waals surface area (Å²) in [6.45, 7) is 5.98. The van der Waals surface area contributed by atoms with Crippen molar-refractivity contribution >= 4 is 38.2 Å². The maximum atomic E-state index is 14.2. The van der Waals surface area contributed by atoms with E-state index in [9.17, 15) is 18.0 Å². The minimum absolute atomic E-state index is 0.0338. The number of amides is 1. The van der Waals surface area contributed by atoms with Crippen LogP contribution in [0.2, 0.25) is 0 Å². The number of fused-ring (bicyclic) bond motifs is 1. The van der Waals surface area contributed by atoms with Crippen molar-refractivity contribution in [3.8, 4) is 0 Å². The average molecular weight is 714 g/mol. The van der Waals surface area contributed by atoms with E-state index in [0.29, 0.717) is 29.1 Å². The Morgan fingerprint density at radius 2 is 1.54 bits per heavy atom. The maximum Gasteiger partial charge on any atom is 0.281 e. The van der Waals surface area contributed by atoms with E-state index in [1.165, 1.54) is 21.6 Å². The molecule has 2 saturated carbocycles. The number of nitrogens with zero attached hydrogens (tertiary/aromatic N) is 4. The van der Waals surface area contributed by atoms with Crippen molar-refractivity contribution in [1.82, 2.24) is 19.0 Å². The highest BCUT2D eigenvalue weighted by Crippen LogP contribution is 2.39. The molecule has 1 N–H and O–H groups in total. The van der Waals surface area contributed by atoms with Gasteiger partial charge in [0.1, 0.15) is 5.00 Å². The van der Waals surface area contributed by atoms with E-state index >= 15 is 0 Å². The lowest BCUT2D eigenvalue weighted by atomic mass is 9.91. The largest absolute Gasteiger partial charge is 0.313 e. The van der Waals surface area contributed by atoms with Crippen LogP contribution in [0.4, 0.5) is 5.00 Å². The van der Waals surface area contributed by atoms with Gasteiger partial charge >= 0.3 is 0 Å². The van der Waals surface area contributed by atoms with Gasteiger partial charge in [0.25, 0.3) is 11.8 Å². The molecule has 50 heavy (non-hydrogen) atoms. The number of benzene rings is 2. The number of sulfonamides is 1. The molecule has 0 unspecified atom stereocenters. The molecular formula is C39H47N5O4S2. The molecule has 3 heterocycles. The molecule has 1 aliphatic heterocycles. The van der Waals surface area contributed by atoms with Crippen LogP contribution >= 0.6 is 11.3 Å². The molecule has 0 atom stereocenters. The second kappa shape index (κ2) is 14.9. The van der Waals surface area contributed by atoms with E-state index in [2.05, 4.69) is 27.4 Å². The number of aryl methyl sites for hydroxylation is 2. The third-order valence-electron chi connectivity index (χ3n) is 10.6. The molecule has 7 rings (SSSR count). The van der Waals surface area contributed by atoms with Crippen LogP contribution in [0.15, 0.2) is 65.6 Å². The standard InChI is InChI=1S/C39H47N5O4S2/c1-27-24-28(2)43(41-27)39(46)36-34-22-23-42(25-29-12-6-3-7-13-29)26-35(34)49-38(36)40-37(45)30-18-20-33(21-19-30)50(47,48)44(31-14-8-4-9-15-31)32-16-10-5-11-17-32/h3,6-7,12-13,18-21,24,31-32H,4-5,8-11,14-17,22-23,25-26H2,1-2H3,(H,40,45). The molecule has 1 amide bonds. The summed E-state index contributed by atoms with van der Waals surface area (Å²) in [5.74, 6) is -0.639. The zero-order valence-electron chi connectivity index (χ0n) is 29.1. The predicted octanol–water partition coefficient (Wildman–Crippen LogP) is 7.72. The van der Waals surface area contributed by atoms with Gasteiger partial charge in [0, 0.05) is 47.9 Å². The van der Waals surface area contributed by atoms with Crippen molar-refractivity contribution in [2.24, 2.45) is 0 Å². The van der Waals surface area contributed by atoms with Gasteiger partial charge < -0.3 is 5.32 Å². The molecule has 0 radical (unpaired) electrons. The minimum Gasteiger partial charge on any atom is -0.313 e. The molecule has 2 aromatic carbocycles. The fourth-order valence-corrected chi connectivity index (χ4v) is 11.3. The van der Waals surface area contributed by atoms with Gasteiger partial charge in [-0.3, -0.25) is 14.5 Å². The number of carbonyl (C=O) groups excluding carboxylic acids is 2. The van der Waals surface area contributed by atoms with Crippen molar-refractivity contribution in [2.75, 3.05) is 11.9 Å². The number of hydrogen-bond donors (Lipinski definition) is 1. The summed E-state index contributed by atoms with van der Waals surface area (Å²) < 4.78 is 31.7. The van der Waals surface area contributed by atoms with Crippen molar-refractivity contribution in [3.63, 3.8) is 0 Å². The van der Waals surface area contributed by atoms with Gasteiger partial charge in [0.15, 0.2) is 0 Å². The second-order valence-electron chi connectivity index (χ2n) is 14.2. The highest BCUT2D eigenvalue weighted by atomic mass is 32.2. The highest BCUT2D eigenvalue weighted by molar-refractivity contribution is 7.89. The number of anilines is 1. The van der Waals surface area contributed by atoms with Crippen LogP contribution in [0.1, 0.15) is 112 Å². The van der Waals surface area contributed by atoms with E-state index in [1.54, 1.807) is 24.3 Å². The first-order valence-corrected chi connectivity index (χ1v) is 20.4. The fraction of sp³-hybridized carbons (Fsp3) is 0.462. The quantitative estimate of drug-likeness (QED) is 0.191. The van der Waals surface area contributed by atoms with Crippen LogP contribution in [-0.2, 0) is 29.5 Å². The molecule has 11 heteroatoms. The predicted molar refractivity (Wildman–Crippen MR) is 197 cm³/mol. The molecule has 2 aromatic heterocycles. The normalized spacial score (nSPS) is 17.9. The smallest absolute Gasteiger partial charge is 0.281 e. The first kappa shape index (κ1) is 34.8. The van der Waals surface area contributed by atoms with Gasteiger partial charge in [0.2, 0.25) is 10.0 Å². The molecule has 4 aromatic rings. The number of rotatable bonds is 9. The first-order valence-electron chi connectivity index (χ1n) is 18.1. The molecule has 0 spiro atoms. The Morgan fingerprint density at radius 1 is 0.900 bits per heavy atom. The first-order chi connectivity index (χ1) is 24.2. The van der Waals surface area contributed by atoms with Gasteiger partial charge in [-0.05, 0) is 87.4 Å². The molecule has 3 aliphatic rings. The van der Waals surface area contributed by atoms with Gasteiger partial charge in [-0.1, -0.05) is 68.9 Å². The average Bonchev–Trinajstić information content (AvgIpc) is 3.66. The summed E-state index contributed by atoms with van der Waals surface area (Å²) >= 11 is 1.44. The summed E-state index contributed by atoms with van der Waals surface area (Å²) in [5.41, 5.74) is 4.50. The van der Waals surface area contributed by atoms with Crippen molar-refractivity contribution in [2.45, 2.75) is 115 Å². The number of aromatic nitrogens is 2. The maximum absolute atomic E-state index is 14.2. The Balaban J connectivity index is 1.15. The Bertz CT molecular complexity index is 1920. The molecule has 2 fully saturated rings. The van der Waals surface area contributed by atoms with Crippen molar-refractivity contribution in [1.29, 1.82) is 0 Å². The third-order valence-corrected chi connectivity index (χ3v) is 13.7. The summed E-state index contributed by atoms with van der Waals surface area (Å²) in [5, 5.41) is 8.01. The zero-order chi connectivity index (χ0) is 34.8. The Hall–Kier alpha value is -3.64. The molecule has 0 saturated heterocycles. The van der Waals surface area contributed by atoms with Crippen LogP contribution in [-0.4, -0.2) is 57.8 Å². The summed E-state index contributed by atoms with van der Waals surface area (Å²) in [6, 6.07) is 18.6. The number of carbonyl (C=O) groups is 2. The minimum atomic E-state index is -3.74. The van der Waals surface area contributed by atoms with E-state index in [0.717, 1.165) is 99.1 Å². The van der Waals surface area contributed by atoms with Crippen LogP contribution in [0.3, 0.4) is 0 Å². The lowest BCUT2D eigenvalue weighted by Gasteiger charge is -2.40. The van der Waals surface area contributed by atoms with Gasteiger partial charge in [-0.15, -0.1) is 11.3 Å². The van der Waals surface area contributed by atoms with Crippen LogP contribution in [0.25, 0.3) is 0 Å².